The number of nitrogens with one attached hydrogen (secondary N) is 2. The molecule has 4 N–H and O–H groups in total. The third kappa shape index (κ3) is 6.00. The number of sulfonamides is 1. The summed E-state index contributed by atoms with van der Waals surface area (Å²) in [4.78, 5) is 23.6. The fraction of sp³-hybridized carbons (Fsp3) is 0. The van der Waals surface area contributed by atoms with Crippen LogP contribution in [0.5, 0.6) is 0 Å². The van der Waals surface area contributed by atoms with E-state index >= 15 is 0 Å². The van der Waals surface area contributed by atoms with Crippen LogP contribution in [0.2, 0.25) is 0 Å². The van der Waals surface area contributed by atoms with Gasteiger partial charge in [-0.15, -0.1) is 0 Å². The van der Waals surface area contributed by atoms with Gasteiger partial charge in [0.25, 0.3) is 21.8 Å². The topological polar surface area (TPSA) is 118 Å². The molecule has 0 radical (unpaired) electrons. The fourth-order valence-corrected chi connectivity index (χ4v) is 3.48. The van der Waals surface area contributed by atoms with Crippen molar-refractivity contribution in [3.63, 3.8) is 0 Å². The highest BCUT2D eigenvalue weighted by atomic mass is 32.2. The van der Waals surface area contributed by atoms with E-state index in [1.54, 1.807) is 24.3 Å². The second-order valence-electron chi connectivity index (χ2n) is 6.45. The van der Waals surface area contributed by atoms with Crippen LogP contribution in [-0.2, 0) is 10.0 Å². The van der Waals surface area contributed by atoms with E-state index in [9.17, 15) is 22.4 Å². The van der Waals surface area contributed by atoms with Crippen LogP contribution in [0.25, 0.3) is 6.08 Å². The summed E-state index contributed by atoms with van der Waals surface area (Å²) in [6.45, 7) is 0. The minimum Gasteiger partial charge on any atom is -0.366 e. The Morgan fingerprint density at radius 3 is 2.19 bits per heavy atom. The summed E-state index contributed by atoms with van der Waals surface area (Å²) in [5.74, 6) is -2.27. The molecular weight excluding hydrogens is 421 g/mol. The van der Waals surface area contributed by atoms with Gasteiger partial charge in [0.15, 0.2) is 0 Å². The number of anilines is 2. The first-order valence-electron chi connectivity index (χ1n) is 9.00. The molecule has 0 aromatic heterocycles. The maximum atomic E-state index is 13.5. The van der Waals surface area contributed by atoms with Crippen LogP contribution in [0.3, 0.4) is 0 Å². The maximum absolute atomic E-state index is 13.5. The van der Waals surface area contributed by atoms with Gasteiger partial charge in [0.2, 0.25) is 0 Å². The van der Waals surface area contributed by atoms with Crippen molar-refractivity contribution in [3.8, 4) is 0 Å². The molecule has 0 aliphatic heterocycles. The number of halogens is 1. The summed E-state index contributed by atoms with van der Waals surface area (Å²) in [6, 6.07) is 18.1. The van der Waals surface area contributed by atoms with Gasteiger partial charge in [0.05, 0.1) is 11.0 Å². The van der Waals surface area contributed by atoms with Crippen LogP contribution in [0, 0.1) is 5.82 Å². The van der Waals surface area contributed by atoms with Gasteiger partial charge in [-0.2, -0.15) is 0 Å². The highest BCUT2D eigenvalue weighted by Gasteiger charge is 2.12. The van der Waals surface area contributed by atoms with Crippen molar-refractivity contribution < 1.29 is 22.4 Å². The highest BCUT2D eigenvalue weighted by molar-refractivity contribution is 7.95. The van der Waals surface area contributed by atoms with Gasteiger partial charge < -0.3 is 11.1 Å². The number of nitrogens with two attached hydrogens (primary N) is 1. The van der Waals surface area contributed by atoms with E-state index in [0.717, 1.165) is 23.1 Å². The van der Waals surface area contributed by atoms with Gasteiger partial charge in [-0.1, -0.05) is 30.3 Å². The van der Waals surface area contributed by atoms with Gasteiger partial charge in [0.1, 0.15) is 5.82 Å². The molecule has 0 bridgehead atoms. The second kappa shape index (κ2) is 9.23. The molecule has 0 saturated heterocycles. The number of benzene rings is 3. The lowest BCUT2D eigenvalue weighted by Gasteiger charge is -2.08. The molecule has 0 unspecified atom stereocenters. The van der Waals surface area contributed by atoms with E-state index < -0.39 is 27.7 Å². The Morgan fingerprint density at radius 1 is 0.903 bits per heavy atom. The second-order valence-corrected chi connectivity index (χ2v) is 8.02. The largest absolute Gasteiger partial charge is 0.366 e. The maximum Gasteiger partial charge on any atom is 0.255 e. The van der Waals surface area contributed by atoms with Crippen molar-refractivity contribution >= 4 is 39.3 Å². The zero-order valence-electron chi connectivity index (χ0n) is 16.1. The Labute approximate surface area is 178 Å². The minimum atomic E-state index is -3.74. The van der Waals surface area contributed by atoms with Crippen LogP contribution in [0.15, 0.2) is 78.2 Å². The first-order chi connectivity index (χ1) is 14.7. The fourth-order valence-electron chi connectivity index (χ4n) is 2.62. The average molecular weight is 439 g/mol. The summed E-state index contributed by atoms with van der Waals surface area (Å²) in [5.41, 5.74) is 6.18. The summed E-state index contributed by atoms with van der Waals surface area (Å²) in [5, 5.41) is 3.57. The Morgan fingerprint density at radius 2 is 1.55 bits per heavy atom. The van der Waals surface area contributed by atoms with Crippen LogP contribution < -0.4 is 15.8 Å². The van der Waals surface area contributed by atoms with Crippen molar-refractivity contribution in [2.45, 2.75) is 0 Å². The molecule has 3 aromatic carbocycles. The summed E-state index contributed by atoms with van der Waals surface area (Å²) >= 11 is 0. The summed E-state index contributed by atoms with van der Waals surface area (Å²) < 4.78 is 40.3. The molecule has 0 aliphatic rings. The molecule has 2 amide bonds. The van der Waals surface area contributed by atoms with E-state index in [-0.39, 0.29) is 22.5 Å². The number of hydrogen-bond donors (Lipinski definition) is 3. The lowest BCUT2D eigenvalue weighted by atomic mass is 10.1. The van der Waals surface area contributed by atoms with Gasteiger partial charge in [-0.3, -0.25) is 14.3 Å². The highest BCUT2D eigenvalue weighted by Crippen LogP contribution is 2.17. The minimum absolute atomic E-state index is 0.191. The molecule has 0 fully saturated rings. The van der Waals surface area contributed by atoms with Gasteiger partial charge in [-0.25, -0.2) is 12.8 Å². The van der Waals surface area contributed by atoms with Gasteiger partial charge in [0, 0.05) is 16.9 Å². The Hall–Kier alpha value is -3.98. The summed E-state index contributed by atoms with van der Waals surface area (Å²) in [6.07, 6.45) is 1.47. The SMILES string of the molecule is NC(=O)c1cc(NC(=O)c2ccc(NS(=O)(=O)C=Cc3ccccc3)cc2)ccc1F. The number of amides is 2. The molecule has 3 rings (SSSR count). The van der Waals surface area contributed by atoms with E-state index in [2.05, 4.69) is 10.0 Å². The average Bonchev–Trinajstić information content (AvgIpc) is 2.74. The molecule has 0 aliphatic carbocycles. The van der Waals surface area contributed by atoms with E-state index in [1.807, 2.05) is 6.07 Å². The molecule has 0 atom stereocenters. The number of rotatable bonds is 7. The van der Waals surface area contributed by atoms with Crippen molar-refractivity contribution in [2.75, 3.05) is 10.0 Å². The molecule has 158 valence electrons. The zero-order valence-corrected chi connectivity index (χ0v) is 16.9. The molecule has 0 spiro atoms. The lowest BCUT2D eigenvalue weighted by molar-refractivity contribution is 0.0992. The van der Waals surface area contributed by atoms with E-state index in [4.69, 9.17) is 5.73 Å². The molecule has 31 heavy (non-hydrogen) atoms. The molecular formula is C22H18FN3O4S. The first kappa shape index (κ1) is 21.7. The van der Waals surface area contributed by atoms with E-state index in [1.165, 1.54) is 36.4 Å². The molecule has 7 nitrogen and oxygen atoms in total. The van der Waals surface area contributed by atoms with Crippen molar-refractivity contribution in [1.29, 1.82) is 0 Å². The Bertz CT molecular complexity index is 1240. The zero-order chi connectivity index (χ0) is 22.4. The van der Waals surface area contributed by atoms with Crippen molar-refractivity contribution in [1.82, 2.24) is 0 Å². The van der Waals surface area contributed by atoms with Gasteiger partial charge >= 0.3 is 0 Å². The molecule has 3 aromatic rings. The number of primary amides is 1. The van der Waals surface area contributed by atoms with Gasteiger partial charge in [-0.05, 0) is 54.1 Å². The van der Waals surface area contributed by atoms with Crippen LogP contribution in [-0.4, -0.2) is 20.2 Å². The van der Waals surface area contributed by atoms with Crippen molar-refractivity contribution in [2.24, 2.45) is 5.73 Å². The first-order valence-corrected chi connectivity index (χ1v) is 10.5. The summed E-state index contributed by atoms with van der Waals surface area (Å²) in [7, 11) is -3.74. The van der Waals surface area contributed by atoms with Crippen LogP contribution in [0.4, 0.5) is 15.8 Å². The molecule has 0 heterocycles. The predicted octanol–water partition coefficient (Wildman–Crippen LogP) is 3.59. The third-order valence-corrected chi connectivity index (χ3v) is 5.15. The number of carbonyl (C=O) groups is 2. The lowest BCUT2D eigenvalue weighted by Crippen LogP contribution is -2.16. The monoisotopic (exact) mass is 439 g/mol. The van der Waals surface area contributed by atoms with Crippen LogP contribution in [0.1, 0.15) is 26.3 Å². The smallest absolute Gasteiger partial charge is 0.255 e. The predicted molar refractivity (Wildman–Crippen MR) is 117 cm³/mol. The normalized spacial score (nSPS) is 11.3. The standard InChI is InChI=1S/C22H18FN3O4S/c23-20-11-10-18(14-19(20)21(24)27)25-22(28)16-6-8-17(9-7-16)26-31(29,30)13-12-15-4-2-1-3-5-15/h1-14,26H,(H2,24,27)(H,25,28). The molecule has 9 heteroatoms. The van der Waals surface area contributed by atoms with Crippen LogP contribution >= 0.6 is 0 Å². The quantitative estimate of drug-likeness (QED) is 0.521. The number of carbonyl (C=O) groups excluding carboxylic acids is 2. The Kier molecular flexibility index (Phi) is 6.46. The van der Waals surface area contributed by atoms with Crippen molar-refractivity contribution in [3.05, 3.63) is 101 Å². The number of hydrogen-bond acceptors (Lipinski definition) is 4. The third-order valence-electron chi connectivity index (χ3n) is 4.14. The van der Waals surface area contributed by atoms with E-state index in [0.29, 0.717) is 0 Å². The Balaban J connectivity index is 1.67. The molecule has 0 saturated carbocycles.